The molecule has 0 N–H and O–H groups in total. The Bertz CT molecular complexity index is 935. The van der Waals surface area contributed by atoms with E-state index in [2.05, 4.69) is 33.3 Å². The first-order valence-electron chi connectivity index (χ1n) is 7.06. The Balaban J connectivity index is 1.92. The summed E-state index contributed by atoms with van der Waals surface area (Å²) < 4.78 is 3.09. The molecule has 0 spiro atoms. The van der Waals surface area contributed by atoms with Crippen LogP contribution in [0.3, 0.4) is 0 Å². The fourth-order valence-corrected chi connectivity index (χ4v) is 3.51. The number of pyridine rings is 2. The summed E-state index contributed by atoms with van der Waals surface area (Å²) in [5.74, 6) is 0.841. The smallest absolute Gasteiger partial charge is 0.154 e. The first kappa shape index (κ1) is 13.2. The standard InChI is InChI=1S/C17H14N4S/c1-11-5-3-7-17(19-11)21-14(9-12(2)20-21)16-10-13-15(22-16)6-4-8-18-13/h3-10H,1-2H3. The SMILES string of the molecule is Cc1cccc(-n2nc(C)cc2-c2cc3ncccc3s2)n1. The molecule has 0 radical (unpaired) electrons. The van der Waals surface area contributed by atoms with Crippen molar-refractivity contribution in [2.24, 2.45) is 0 Å². The third kappa shape index (κ3) is 2.19. The Morgan fingerprint density at radius 3 is 2.73 bits per heavy atom. The molecule has 0 unspecified atom stereocenters. The molecule has 4 rings (SSSR count). The van der Waals surface area contributed by atoms with Crippen LogP contribution in [0.1, 0.15) is 11.4 Å². The van der Waals surface area contributed by atoms with Crippen LogP contribution in [-0.4, -0.2) is 19.7 Å². The number of hydrogen-bond donors (Lipinski definition) is 0. The Kier molecular flexibility index (Phi) is 3.01. The van der Waals surface area contributed by atoms with Gasteiger partial charge in [-0.05, 0) is 50.2 Å². The number of hydrogen-bond acceptors (Lipinski definition) is 4. The largest absolute Gasteiger partial charge is 0.255 e. The molecule has 22 heavy (non-hydrogen) atoms. The number of rotatable bonds is 2. The van der Waals surface area contributed by atoms with Gasteiger partial charge in [0.25, 0.3) is 0 Å². The van der Waals surface area contributed by atoms with Gasteiger partial charge in [0, 0.05) is 11.9 Å². The van der Waals surface area contributed by atoms with Crippen molar-refractivity contribution >= 4 is 21.6 Å². The summed E-state index contributed by atoms with van der Waals surface area (Å²) in [6.45, 7) is 3.99. The lowest BCUT2D eigenvalue weighted by Gasteiger charge is -2.05. The maximum Gasteiger partial charge on any atom is 0.154 e. The molecule has 0 aliphatic rings. The van der Waals surface area contributed by atoms with E-state index in [0.29, 0.717) is 0 Å². The summed E-state index contributed by atoms with van der Waals surface area (Å²) in [7, 11) is 0. The number of aromatic nitrogens is 4. The van der Waals surface area contributed by atoms with Crippen molar-refractivity contribution in [3.8, 4) is 16.4 Å². The molecule has 0 atom stereocenters. The highest BCUT2D eigenvalue weighted by Crippen LogP contribution is 2.33. The van der Waals surface area contributed by atoms with Crippen molar-refractivity contribution in [2.75, 3.05) is 0 Å². The van der Waals surface area contributed by atoms with Crippen LogP contribution in [-0.2, 0) is 0 Å². The highest BCUT2D eigenvalue weighted by molar-refractivity contribution is 7.22. The van der Waals surface area contributed by atoms with Crippen molar-refractivity contribution in [1.29, 1.82) is 0 Å². The van der Waals surface area contributed by atoms with E-state index in [1.807, 2.05) is 49.0 Å². The van der Waals surface area contributed by atoms with E-state index in [-0.39, 0.29) is 0 Å². The van der Waals surface area contributed by atoms with Crippen LogP contribution in [0.4, 0.5) is 0 Å². The van der Waals surface area contributed by atoms with Crippen LogP contribution >= 0.6 is 11.3 Å². The first-order chi connectivity index (χ1) is 10.7. The summed E-state index contributed by atoms with van der Waals surface area (Å²) in [5.41, 5.74) is 4.03. The van der Waals surface area contributed by atoms with Gasteiger partial charge in [-0.15, -0.1) is 11.3 Å². The van der Waals surface area contributed by atoms with Crippen molar-refractivity contribution in [1.82, 2.24) is 19.7 Å². The van der Waals surface area contributed by atoms with Gasteiger partial charge in [-0.25, -0.2) is 9.67 Å². The predicted molar refractivity (Wildman–Crippen MR) is 89.4 cm³/mol. The molecule has 108 valence electrons. The summed E-state index contributed by atoms with van der Waals surface area (Å²) in [6, 6.07) is 14.2. The molecule has 0 amide bonds. The summed E-state index contributed by atoms with van der Waals surface area (Å²) in [6.07, 6.45) is 1.82. The second-order valence-electron chi connectivity index (χ2n) is 5.22. The zero-order valence-corrected chi connectivity index (χ0v) is 13.1. The average Bonchev–Trinajstić information content (AvgIpc) is 3.10. The van der Waals surface area contributed by atoms with E-state index >= 15 is 0 Å². The third-order valence-corrected chi connectivity index (χ3v) is 4.57. The third-order valence-electron chi connectivity index (χ3n) is 3.46. The van der Waals surface area contributed by atoms with Gasteiger partial charge in [-0.2, -0.15) is 5.10 Å². The molecule has 0 fully saturated rings. The van der Waals surface area contributed by atoms with Gasteiger partial charge in [-0.3, -0.25) is 4.98 Å². The van der Waals surface area contributed by atoms with E-state index in [1.54, 1.807) is 11.3 Å². The zero-order chi connectivity index (χ0) is 15.1. The van der Waals surface area contributed by atoms with Gasteiger partial charge in [0.2, 0.25) is 0 Å². The van der Waals surface area contributed by atoms with Crippen LogP contribution in [0.15, 0.2) is 48.7 Å². The van der Waals surface area contributed by atoms with Crippen molar-refractivity contribution < 1.29 is 0 Å². The Hall–Kier alpha value is -2.53. The summed E-state index contributed by atoms with van der Waals surface area (Å²) in [5, 5.41) is 4.61. The maximum atomic E-state index is 4.61. The zero-order valence-electron chi connectivity index (χ0n) is 12.3. The van der Waals surface area contributed by atoms with Crippen molar-refractivity contribution in [2.45, 2.75) is 13.8 Å². The van der Waals surface area contributed by atoms with E-state index in [4.69, 9.17) is 0 Å². The Morgan fingerprint density at radius 1 is 1.00 bits per heavy atom. The Morgan fingerprint density at radius 2 is 1.91 bits per heavy atom. The highest BCUT2D eigenvalue weighted by Gasteiger charge is 2.14. The molecule has 4 aromatic rings. The normalized spacial score (nSPS) is 11.2. The fourth-order valence-electron chi connectivity index (χ4n) is 2.49. The minimum atomic E-state index is 0.841. The number of aryl methyl sites for hydroxylation is 2. The molecule has 0 bridgehead atoms. The van der Waals surface area contributed by atoms with E-state index < -0.39 is 0 Å². The lowest BCUT2D eigenvalue weighted by Crippen LogP contribution is -2.02. The second kappa shape index (κ2) is 5.03. The molecule has 0 saturated carbocycles. The van der Waals surface area contributed by atoms with Crippen molar-refractivity contribution in [3.05, 3.63) is 60.0 Å². The quantitative estimate of drug-likeness (QED) is 0.558. The number of nitrogens with zero attached hydrogens (tertiary/aromatic N) is 4. The maximum absolute atomic E-state index is 4.61. The van der Waals surface area contributed by atoms with Crippen LogP contribution in [0.5, 0.6) is 0 Å². The van der Waals surface area contributed by atoms with E-state index in [9.17, 15) is 0 Å². The number of fused-ring (bicyclic) bond motifs is 1. The summed E-state index contributed by atoms with van der Waals surface area (Å²) in [4.78, 5) is 10.2. The van der Waals surface area contributed by atoms with Gasteiger partial charge in [-0.1, -0.05) is 6.07 Å². The highest BCUT2D eigenvalue weighted by atomic mass is 32.1. The second-order valence-corrected chi connectivity index (χ2v) is 6.30. The molecule has 0 aromatic carbocycles. The minimum Gasteiger partial charge on any atom is -0.255 e. The molecule has 4 aromatic heterocycles. The molecule has 4 nitrogen and oxygen atoms in total. The summed E-state index contributed by atoms with van der Waals surface area (Å²) >= 11 is 1.73. The van der Waals surface area contributed by atoms with Crippen LogP contribution in [0.2, 0.25) is 0 Å². The molecular formula is C17H14N4S. The minimum absolute atomic E-state index is 0.841. The van der Waals surface area contributed by atoms with Crippen LogP contribution in [0, 0.1) is 13.8 Å². The predicted octanol–water partition coefficient (Wildman–Crippen LogP) is 4.16. The topological polar surface area (TPSA) is 43.6 Å². The van der Waals surface area contributed by atoms with E-state index in [0.717, 1.165) is 33.3 Å². The molecular weight excluding hydrogens is 292 g/mol. The van der Waals surface area contributed by atoms with Gasteiger partial charge in [0.15, 0.2) is 5.82 Å². The number of thiophene rings is 1. The molecule has 5 heteroatoms. The lowest BCUT2D eigenvalue weighted by atomic mass is 10.3. The van der Waals surface area contributed by atoms with Gasteiger partial charge in [0.05, 0.1) is 26.5 Å². The van der Waals surface area contributed by atoms with Crippen LogP contribution < -0.4 is 0 Å². The van der Waals surface area contributed by atoms with Crippen molar-refractivity contribution in [3.63, 3.8) is 0 Å². The molecule has 0 saturated heterocycles. The van der Waals surface area contributed by atoms with Gasteiger partial charge >= 0.3 is 0 Å². The first-order valence-corrected chi connectivity index (χ1v) is 7.88. The molecule has 0 aliphatic carbocycles. The lowest BCUT2D eigenvalue weighted by molar-refractivity contribution is 0.834. The van der Waals surface area contributed by atoms with Gasteiger partial charge < -0.3 is 0 Å². The molecule has 4 heterocycles. The monoisotopic (exact) mass is 306 g/mol. The fraction of sp³-hybridized carbons (Fsp3) is 0.118. The average molecular weight is 306 g/mol. The molecule has 0 aliphatic heterocycles. The van der Waals surface area contributed by atoms with E-state index in [1.165, 1.54) is 4.70 Å². The Labute approximate surface area is 132 Å². The van der Waals surface area contributed by atoms with Gasteiger partial charge in [0.1, 0.15) is 0 Å². The van der Waals surface area contributed by atoms with Crippen LogP contribution in [0.25, 0.3) is 26.6 Å².